The lowest BCUT2D eigenvalue weighted by atomic mass is 10.4. The second kappa shape index (κ2) is 5.74. The fourth-order valence-corrected chi connectivity index (χ4v) is 4.78. The van der Waals surface area contributed by atoms with Gasteiger partial charge in [-0.1, -0.05) is 0 Å². The standard InChI is InChI=1S/C14H15N5O2S2/c1-9-7-13(19(17-9)14-15-5-4-6-16-14)18-23(20,21)12-8-10(2)22-11(12)3/h4-8,18H,1-3H3. The van der Waals surface area contributed by atoms with Crippen molar-refractivity contribution in [2.24, 2.45) is 0 Å². The first kappa shape index (κ1) is 15.6. The monoisotopic (exact) mass is 349 g/mol. The zero-order valence-electron chi connectivity index (χ0n) is 12.8. The SMILES string of the molecule is Cc1cc(NS(=O)(=O)c2cc(C)sc2C)n(-c2ncccn2)n1. The highest BCUT2D eigenvalue weighted by Crippen LogP contribution is 2.27. The molecule has 0 bridgehead atoms. The zero-order valence-corrected chi connectivity index (χ0v) is 14.4. The smallest absolute Gasteiger partial charge is 0.263 e. The van der Waals surface area contributed by atoms with E-state index in [2.05, 4.69) is 19.8 Å². The van der Waals surface area contributed by atoms with Crippen molar-refractivity contribution >= 4 is 27.2 Å². The summed E-state index contributed by atoms with van der Waals surface area (Å²) in [5, 5.41) is 4.25. The Balaban J connectivity index is 2.02. The highest BCUT2D eigenvalue weighted by Gasteiger charge is 2.22. The Kier molecular flexibility index (Phi) is 3.90. The molecule has 1 N–H and O–H groups in total. The van der Waals surface area contributed by atoms with Gasteiger partial charge in [0.2, 0.25) is 0 Å². The summed E-state index contributed by atoms with van der Waals surface area (Å²) in [4.78, 5) is 10.2. The molecule has 3 aromatic heterocycles. The number of sulfonamides is 1. The zero-order chi connectivity index (χ0) is 16.6. The third-order valence-electron chi connectivity index (χ3n) is 3.10. The second-order valence-electron chi connectivity index (χ2n) is 5.01. The average Bonchev–Trinajstić information content (AvgIpc) is 3.02. The summed E-state index contributed by atoms with van der Waals surface area (Å²) >= 11 is 1.45. The lowest BCUT2D eigenvalue weighted by molar-refractivity contribution is 0.600. The minimum Gasteiger partial charge on any atom is -0.263 e. The molecule has 0 saturated carbocycles. The van der Waals surface area contributed by atoms with Crippen LogP contribution in [0.15, 0.2) is 35.5 Å². The number of anilines is 1. The van der Waals surface area contributed by atoms with Gasteiger partial charge in [-0.25, -0.2) is 18.4 Å². The Morgan fingerprint density at radius 2 is 1.83 bits per heavy atom. The molecule has 0 radical (unpaired) electrons. The molecule has 7 nitrogen and oxygen atoms in total. The molecule has 3 rings (SSSR count). The van der Waals surface area contributed by atoms with Gasteiger partial charge < -0.3 is 0 Å². The molecule has 0 atom stereocenters. The molecule has 0 unspecified atom stereocenters. The lowest BCUT2D eigenvalue weighted by Crippen LogP contribution is -2.16. The molecule has 9 heteroatoms. The number of nitrogens with zero attached hydrogens (tertiary/aromatic N) is 4. The quantitative estimate of drug-likeness (QED) is 0.781. The van der Waals surface area contributed by atoms with Gasteiger partial charge >= 0.3 is 0 Å². The van der Waals surface area contributed by atoms with Gasteiger partial charge in [-0.05, 0) is 32.9 Å². The fourth-order valence-electron chi connectivity index (χ4n) is 2.19. The molecule has 0 aliphatic rings. The molecule has 0 amide bonds. The molecule has 3 heterocycles. The maximum atomic E-state index is 12.6. The van der Waals surface area contributed by atoms with Crippen molar-refractivity contribution < 1.29 is 8.42 Å². The van der Waals surface area contributed by atoms with E-state index in [1.165, 1.54) is 16.0 Å². The topological polar surface area (TPSA) is 89.8 Å². The third kappa shape index (κ3) is 3.10. The number of aryl methyl sites for hydroxylation is 3. The van der Waals surface area contributed by atoms with Crippen LogP contribution in [0.25, 0.3) is 5.95 Å². The van der Waals surface area contributed by atoms with Crippen LogP contribution < -0.4 is 4.72 Å². The van der Waals surface area contributed by atoms with Crippen molar-refractivity contribution in [3.8, 4) is 5.95 Å². The molecule has 3 aromatic rings. The number of aromatic nitrogens is 4. The van der Waals surface area contributed by atoms with Gasteiger partial charge in [0.25, 0.3) is 16.0 Å². The van der Waals surface area contributed by atoms with E-state index in [0.29, 0.717) is 17.5 Å². The summed E-state index contributed by atoms with van der Waals surface area (Å²) in [5.41, 5.74) is 0.661. The van der Waals surface area contributed by atoms with Crippen molar-refractivity contribution in [3.63, 3.8) is 0 Å². The Labute approximate surface area is 138 Å². The van der Waals surface area contributed by atoms with Crippen molar-refractivity contribution in [2.45, 2.75) is 25.7 Å². The van der Waals surface area contributed by atoms with Gasteiger partial charge in [-0.3, -0.25) is 4.72 Å². The highest BCUT2D eigenvalue weighted by atomic mass is 32.2. The summed E-state index contributed by atoms with van der Waals surface area (Å²) in [5.74, 6) is 0.605. The van der Waals surface area contributed by atoms with Crippen LogP contribution in [0.3, 0.4) is 0 Å². The van der Waals surface area contributed by atoms with Gasteiger partial charge in [-0.2, -0.15) is 9.78 Å². The average molecular weight is 349 g/mol. The van der Waals surface area contributed by atoms with Crippen LogP contribution in [0.1, 0.15) is 15.4 Å². The maximum absolute atomic E-state index is 12.6. The van der Waals surface area contributed by atoms with E-state index in [9.17, 15) is 8.42 Å². The molecule has 120 valence electrons. The predicted molar refractivity (Wildman–Crippen MR) is 88.5 cm³/mol. The van der Waals surface area contributed by atoms with Crippen molar-refractivity contribution in [1.29, 1.82) is 0 Å². The Bertz CT molecular complexity index is 945. The largest absolute Gasteiger partial charge is 0.264 e. The van der Waals surface area contributed by atoms with Gasteiger partial charge in [-0.15, -0.1) is 11.3 Å². The molecule has 0 aliphatic carbocycles. The first-order valence-electron chi connectivity index (χ1n) is 6.81. The first-order valence-corrected chi connectivity index (χ1v) is 9.11. The number of hydrogen-bond donors (Lipinski definition) is 1. The number of nitrogens with one attached hydrogen (secondary N) is 1. The number of rotatable bonds is 4. The lowest BCUT2D eigenvalue weighted by Gasteiger charge is -2.09. The van der Waals surface area contributed by atoms with Crippen LogP contribution in [0.5, 0.6) is 0 Å². The second-order valence-corrected chi connectivity index (χ2v) is 8.13. The predicted octanol–water partition coefficient (Wildman–Crippen LogP) is 2.45. The Hall–Kier alpha value is -2.26. The van der Waals surface area contributed by atoms with Gasteiger partial charge in [0, 0.05) is 28.2 Å². The highest BCUT2D eigenvalue weighted by molar-refractivity contribution is 7.93. The molecular formula is C14H15N5O2S2. The van der Waals surface area contributed by atoms with Gasteiger partial charge in [0.15, 0.2) is 0 Å². The van der Waals surface area contributed by atoms with E-state index in [-0.39, 0.29) is 4.90 Å². The van der Waals surface area contributed by atoms with Crippen LogP contribution in [0.2, 0.25) is 0 Å². The third-order valence-corrected chi connectivity index (χ3v) is 5.67. The summed E-state index contributed by atoms with van der Waals surface area (Å²) in [7, 11) is -3.70. The molecule has 0 aliphatic heterocycles. The number of thiophene rings is 1. The van der Waals surface area contributed by atoms with E-state index < -0.39 is 10.0 Å². The van der Waals surface area contributed by atoms with Crippen molar-refractivity contribution in [2.75, 3.05) is 4.72 Å². The van der Waals surface area contributed by atoms with Crippen LogP contribution in [-0.4, -0.2) is 28.2 Å². The molecule has 0 saturated heterocycles. The summed E-state index contributed by atoms with van der Waals surface area (Å²) in [6.45, 7) is 5.44. The van der Waals surface area contributed by atoms with Crippen LogP contribution in [0.4, 0.5) is 5.82 Å². The van der Waals surface area contributed by atoms with E-state index in [0.717, 1.165) is 9.75 Å². The maximum Gasteiger partial charge on any atom is 0.264 e. The minimum absolute atomic E-state index is 0.277. The molecule has 0 fully saturated rings. The van der Waals surface area contributed by atoms with Crippen LogP contribution >= 0.6 is 11.3 Å². The summed E-state index contributed by atoms with van der Waals surface area (Å²) < 4.78 is 29.2. The Morgan fingerprint density at radius 1 is 1.13 bits per heavy atom. The van der Waals surface area contributed by atoms with Crippen LogP contribution in [-0.2, 0) is 10.0 Å². The van der Waals surface area contributed by atoms with E-state index in [1.54, 1.807) is 44.4 Å². The fraction of sp³-hybridized carbons (Fsp3) is 0.214. The van der Waals surface area contributed by atoms with Crippen LogP contribution in [0, 0.1) is 20.8 Å². The van der Waals surface area contributed by atoms with Crippen molar-refractivity contribution in [3.05, 3.63) is 46.0 Å². The summed E-state index contributed by atoms with van der Waals surface area (Å²) in [6, 6.07) is 4.98. The summed E-state index contributed by atoms with van der Waals surface area (Å²) in [6.07, 6.45) is 3.15. The van der Waals surface area contributed by atoms with Gasteiger partial charge in [0.1, 0.15) is 10.7 Å². The normalized spacial score (nSPS) is 11.6. The number of hydrogen-bond acceptors (Lipinski definition) is 6. The van der Waals surface area contributed by atoms with Crippen molar-refractivity contribution in [1.82, 2.24) is 19.7 Å². The first-order chi connectivity index (χ1) is 10.9. The Morgan fingerprint density at radius 3 is 2.43 bits per heavy atom. The van der Waals surface area contributed by atoms with E-state index >= 15 is 0 Å². The van der Waals surface area contributed by atoms with E-state index in [4.69, 9.17) is 0 Å². The van der Waals surface area contributed by atoms with E-state index in [1.807, 2.05) is 6.92 Å². The molecule has 23 heavy (non-hydrogen) atoms. The van der Waals surface area contributed by atoms with Gasteiger partial charge in [0.05, 0.1) is 5.69 Å². The molecule has 0 aromatic carbocycles. The minimum atomic E-state index is -3.70. The molecular weight excluding hydrogens is 334 g/mol. The molecule has 0 spiro atoms.